The Morgan fingerprint density at radius 2 is 2.08 bits per heavy atom. The summed E-state index contributed by atoms with van der Waals surface area (Å²) in [6.07, 6.45) is 3.05. The van der Waals surface area contributed by atoms with Crippen LogP contribution in [0.4, 0.5) is 0 Å². The highest BCUT2D eigenvalue weighted by Crippen LogP contribution is 2.36. The van der Waals surface area contributed by atoms with Gasteiger partial charge in [0, 0.05) is 29.9 Å². The van der Waals surface area contributed by atoms with Crippen LogP contribution in [0, 0.1) is 13.8 Å². The van der Waals surface area contributed by atoms with E-state index in [1.807, 2.05) is 49.0 Å². The molecule has 0 bridgehead atoms. The van der Waals surface area contributed by atoms with E-state index < -0.39 is 18.0 Å². The molecule has 26 heavy (non-hydrogen) atoms. The van der Waals surface area contributed by atoms with E-state index in [0.29, 0.717) is 11.3 Å². The van der Waals surface area contributed by atoms with Crippen molar-refractivity contribution in [2.75, 3.05) is 0 Å². The molecule has 0 N–H and O–H groups in total. The zero-order valence-corrected chi connectivity index (χ0v) is 15.5. The number of thiophene rings is 1. The molecule has 1 aliphatic heterocycles. The number of esters is 2. The summed E-state index contributed by atoms with van der Waals surface area (Å²) < 4.78 is 12.4. The van der Waals surface area contributed by atoms with Gasteiger partial charge in [-0.15, -0.1) is 11.3 Å². The highest BCUT2D eigenvalue weighted by molar-refractivity contribution is 7.21. The van der Waals surface area contributed by atoms with Gasteiger partial charge in [-0.25, -0.2) is 14.6 Å². The van der Waals surface area contributed by atoms with E-state index in [-0.39, 0.29) is 6.10 Å². The molecule has 3 aromatic heterocycles. The van der Waals surface area contributed by atoms with Gasteiger partial charge >= 0.3 is 11.9 Å². The lowest BCUT2D eigenvalue weighted by molar-refractivity contribution is -0.147. The van der Waals surface area contributed by atoms with Crippen molar-refractivity contribution in [1.29, 1.82) is 0 Å². The first-order chi connectivity index (χ1) is 12.4. The largest absolute Gasteiger partial charge is 0.460 e. The van der Waals surface area contributed by atoms with Crippen LogP contribution in [-0.2, 0) is 14.3 Å². The molecule has 0 spiro atoms. The molecule has 0 unspecified atom stereocenters. The number of hydrogen-bond donors (Lipinski definition) is 0. The van der Waals surface area contributed by atoms with Crippen LogP contribution in [0.3, 0.4) is 0 Å². The zero-order chi connectivity index (χ0) is 18.4. The van der Waals surface area contributed by atoms with E-state index in [9.17, 15) is 9.59 Å². The summed E-state index contributed by atoms with van der Waals surface area (Å²) in [4.78, 5) is 30.5. The molecule has 6 nitrogen and oxygen atoms in total. The predicted octanol–water partition coefficient (Wildman–Crippen LogP) is 3.56. The van der Waals surface area contributed by atoms with Gasteiger partial charge in [0.05, 0.1) is 5.69 Å². The molecule has 1 aliphatic rings. The normalized spacial score (nSPS) is 19.7. The molecule has 0 saturated carbocycles. The Morgan fingerprint density at radius 3 is 2.73 bits per heavy atom. The van der Waals surface area contributed by atoms with E-state index in [2.05, 4.69) is 4.98 Å². The zero-order valence-electron chi connectivity index (χ0n) is 14.7. The van der Waals surface area contributed by atoms with Crippen molar-refractivity contribution in [3.8, 4) is 5.69 Å². The van der Waals surface area contributed by atoms with Crippen molar-refractivity contribution in [3.05, 3.63) is 46.7 Å². The molecule has 134 valence electrons. The number of hydrogen-bond acceptors (Lipinski definition) is 6. The van der Waals surface area contributed by atoms with Gasteiger partial charge in [0.1, 0.15) is 15.8 Å². The Hall–Kier alpha value is -2.67. The minimum Gasteiger partial charge on any atom is -0.460 e. The fraction of sp³-hybridized carbons (Fsp3) is 0.316. The Balaban J connectivity index is 1.81. The maximum Gasteiger partial charge on any atom is 0.351 e. The maximum atomic E-state index is 12.9. The predicted molar refractivity (Wildman–Crippen MR) is 97.8 cm³/mol. The summed E-state index contributed by atoms with van der Waals surface area (Å²) in [6.45, 7) is 5.71. The second kappa shape index (κ2) is 6.25. The van der Waals surface area contributed by atoms with Crippen LogP contribution in [0.2, 0.25) is 0 Å². The molecular weight excluding hydrogens is 352 g/mol. The third-order valence-electron chi connectivity index (χ3n) is 4.39. The van der Waals surface area contributed by atoms with E-state index in [0.717, 1.165) is 27.2 Å². The van der Waals surface area contributed by atoms with Gasteiger partial charge in [-0.2, -0.15) is 0 Å². The van der Waals surface area contributed by atoms with Crippen molar-refractivity contribution in [1.82, 2.24) is 9.55 Å². The van der Waals surface area contributed by atoms with Crippen molar-refractivity contribution >= 4 is 33.5 Å². The number of aryl methyl sites for hydroxylation is 2. The van der Waals surface area contributed by atoms with Crippen molar-refractivity contribution < 1.29 is 19.1 Å². The first-order valence-corrected chi connectivity index (χ1v) is 9.21. The lowest BCUT2D eigenvalue weighted by atomic mass is 10.1. The number of aromatic nitrogens is 2. The summed E-state index contributed by atoms with van der Waals surface area (Å²) in [5.74, 6) is -1.01. The van der Waals surface area contributed by atoms with E-state index in [1.54, 1.807) is 6.92 Å². The van der Waals surface area contributed by atoms with Crippen LogP contribution in [0.15, 0.2) is 30.6 Å². The Kier molecular flexibility index (Phi) is 4.03. The molecule has 7 heteroatoms. The highest BCUT2D eigenvalue weighted by Gasteiger charge is 2.36. The first-order valence-electron chi connectivity index (χ1n) is 8.39. The summed E-state index contributed by atoms with van der Waals surface area (Å²) in [6, 6.07) is 5.78. The van der Waals surface area contributed by atoms with Crippen LogP contribution < -0.4 is 0 Å². The lowest BCUT2D eigenvalue weighted by Gasteiger charge is -2.10. The average molecular weight is 370 g/mol. The fourth-order valence-corrected chi connectivity index (χ4v) is 4.47. The second-order valence-electron chi connectivity index (χ2n) is 6.51. The maximum absolute atomic E-state index is 12.9. The smallest absolute Gasteiger partial charge is 0.351 e. The van der Waals surface area contributed by atoms with Gasteiger partial charge in [-0.3, -0.25) is 0 Å². The summed E-state index contributed by atoms with van der Waals surface area (Å²) in [5, 5.41) is 0.922. The quantitative estimate of drug-likeness (QED) is 0.659. The van der Waals surface area contributed by atoms with Crippen LogP contribution in [0.5, 0.6) is 0 Å². The van der Waals surface area contributed by atoms with Crippen molar-refractivity contribution in [2.45, 2.75) is 39.4 Å². The first kappa shape index (κ1) is 16.8. The van der Waals surface area contributed by atoms with Gasteiger partial charge in [0.25, 0.3) is 0 Å². The van der Waals surface area contributed by atoms with Crippen LogP contribution >= 0.6 is 11.3 Å². The van der Waals surface area contributed by atoms with E-state index >= 15 is 0 Å². The molecule has 0 radical (unpaired) electrons. The average Bonchev–Trinajstić information content (AvgIpc) is 3.26. The molecular formula is C19H18N2O4S. The van der Waals surface area contributed by atoms with E-state index in [4.69, 9.17) is 9.47 Å². The summed E-state index contributed by atoms with van der Waals surface area (Å²) >= 11 is 1.29. The van der Waals surface area contributed by atoms with Crippen LogP contribution in [-0.4, -0.2) is 33.7 Å². The Labute approximate surface area is 154 Å². The number of ether oxygens (including phenoxy) is 2. The van der Waals surface area contributed by atoms with Crippen molar-refractivity contribution in [2.24, 2.45) is 0 Å². The molecule has 0 amide bonds. The molecule has 4 heterocycles. The monoisotopic (exact) mass is 370 g/mol. The minimum absolute atomic E-state index is 0.238. The summed E-state index contributed by atoms with van der Waals surface area (Å²) in [5.41, 5.74) is 2.67. The van der Waals surface area contributed by atoms with Gasteiger partial charge in [-0.1, -0.05) is 0 Å². The lowest BCUT2D eigenvalue weighted by Crippen LogP contribution is -2.22. The van der Waals surface area contributed by atoms with E-state index in [1.165, 1.54) is 11.3 Å². The standard InChI is InChI=1S/C19H18N2O4S/c1-10-8-11(2)20-17-14(10)15(21-6-4-5-7-21)16(26-17)19(23)25-13-9-12(3)24-18(13)22/h4-8,12-13H,9H2,1-3H3/t12-,13+/m1/s1. The topological polar surface area (TPSA) is 70.4 Å². The van der Waals surface area contributed by atoms with Gasteiger partial charge < -0.3 is 14.0 Å². The molecule has 1 fully saturated rings. The number of fused-ring (bicyclic) bond motifs is 1. The Bertz CT molecular complexity index is 1010. The van der Waals surface area contributed by atoms with Gasteiger partial charge in [0.2, 0.25) is 6.10 Å². The molecule has 1 saturated heterocycles. The van der Waals surface area contributed by atoms with Gasteiger partial charge in [0.15, 0.2) is 0 Å². The number of carbonyl (C=O) groups excluding carboxylic acids is 2. The number of nitrogens with zero attached hydrogens (tertiary/aromatic N) is 2. The number of rotatable bonds is 3. The third-order valence-corrected chi connectivity index (χ3v) is 5.44. The number of cyclic esters (lactones) is 1. The highest BCUT2D eigenvalue weighted by atomic mass is 32.1. The molecule has 3 aromatic rings. The minimum atomic E-state index is -0.851. The fourth-order valence-electron chi connectivity index (χ4n) is 3.29. The summed E-state index contributed by atoms with van der Waals surface area (Å²) in [7, 11) is 0. The Morgan fingerprint density at radius 1 is 1.35 bits per heavy atom. The molecule has 0 aromatic carbocycles. The van der Waals surface area contributed by atoms with Crippen LogP contribution in [0.1, 0.15) is 34.3 Å². The second-order valence-corrected chi connectivity index (χ2v) is 7.51. The van der Waals surface area contributed by atoms with Crippen molar-refractivity contribution in [3.63, 3.8) is 0 Å². The van der Waals surface area contributed by atoms with Crippen LogP contribution in [0.25, 0.3) is 15.9 Å². The molecule has 2 atom stereocenters. The van der Waals surface area contributed by atoms with Gasteiger partial charge in [-0.05, 0) is 44.5 Å². The number of carbonyl (C=O) groups is 2. The third kappa shape index (κ3) is 2.78. The molecule has 0 aliphatic carbocycles. The SMILES string of the molecule is Cc1cc(C)c2c(-n3cccc3)c(C(=O)O[C@H]3C[C@@H](C)OC3=O)sc2n1. The molecule has 4 rings (SSSR count). The number of pyridine rings is 1.